The second kappa shape index (κ2) is 10.2. The van der Waals surface area contributed by atoms with E-state index < -0.39 is 11.9 Å². The third kappa shape index (κ3) is 5.22. The lowest BCUT2D eigenvalue weighted by atomic mass is 9.99. The number of pyridine rings is 1. The molecule has 0 radical (unpaired) electrons. The number of fused-ring (bicyclic) bond motifs is 1. The van der Waals surface area contributed by atoms with Crippen molar-refractivity contribution in [1.82, 2.24) is 4.98 Å². The maximum atomic E-state index is 13.7. The fraction of sp³-hybridized carbons (Fsp3) is 0.133. The number of nitrogens with two attached hydrogens (primary N) is 1. The van der Waals surface area contributed by atoms with E-state index in [1.54, 1.807) is 37.5 Å². The summed E-state index contributed by atoms with van der Waals surface area (Å²) < 4.78 is 25.6. The van der Waals surface area contributed by atoms with Crippen LogP contribution in [-0.4, -0.2) is 16.1 Å². The van der Waals surface area contributed by atoms with Gasteiger partial charge in [0.05, 0.1) is 12.7 Å². The molecule has 2 aromatic heterocycles. The van der Waals surface area contributed by atoms with Crippen molar-refractivity contribution < 1.29 is 23.4 Å². The number of halogens is 1. The zero-order valence-electron chi connectivity index (χ0n) is 20.2. The number of benzene rings is 3. The molecule has 6 nitrogen and oxygen atoms in total. The van der Waals surface area contributed by atoms with E-state index >= 15 is 0 Å². The number of nitrogens with zero attached hydrogens (tertiary/aromatic N) is 1. The van der Waals surface area contributed by atoms with Gasteiger partial charge >= 0.3 is 5.97 Å². The predicted molar refractivity (Wildman–Crippen MR) is 140 cm³/mol. The second-order valence-corrected chi connectivity index (χ2v) is 8.90. The first-order valence-corrected chi connectivity index (χ1v) is 11.8. The van der Waals surface area contributed by atoms with Gasteiger partial charge in [-0.3, -0.25) is 4.79 Å². The van der Waals surface area contributed by atoms with Gasteiger partial charge in [-0.2, -0.15) is 4.39 Å². The molecule has 3 aromatic carbocycles. The van der Waals surface area contributed by atoms with Crippen LogP contribution in [0.5, 0.6) is 5.75 Å². The average molecular weight is 497 g/mol. The Morgan fingerprint density at radius 1 is 1.03 bits per heavy atom. The van der Waals surface area contributed by atoms with Crippen LogP contribution in [0.4, 0.5) is 4.39 Å². The Balaban J connectivity index is 1.50. The molecule has 0 aliphatic heterocycles. The van der Waals surface area contributed by atoms with Gasteiger partial charge in [-0.05, 0) is 65.6 Å². The Morgan fingerprint density at radius 3 is 2.68 bits per heavy atom. The van der Waals surface area contributed by atoms with Gasteiger partial charge in [0.15, 0.2) is 0 Å². The summed E-state index contributed by atoms with van der Waals surface area (Å²) in [6.45, 7) is 2.29. The van der Waals surface area contributed by atoms with E-state index in [1.807, 2.05) is 42.5 Å². The summed E-state index contributed by atoms with van der Waals surface area (Å²) in [5.41, 5.74) is 12.9. The summed E-state index contributed by atoms with van der Waals surface area (Å²) in [5, 5.41) is 10.3. The van der Waals surface area contributed by atoms with Crippen molar-refractivity contribution in [1.29, 1.82) is 0 Å². The van der Waals surface area contributed by atoms with Crippen LogP contribution >= 0.6 is 0 Å². The number of carbonyl (C=O) groups is 1. The van der Waals surface area contributed by atoms with Crippen LogP contribution < -0.4 is 10.5 Å². The maximum Gasteiger partial charge on any atom is 0.307 e. The third-order valence-electron chi connectivity index (χ3n) is 6.24. The molecule has 0 atom stereocenters. The van der Waals surface area contributed by atoms with Crippen molar-refractivity contribution in [2.24, 2.45) is 5.73 Å². The van der Waals surface area contributed by atoms with Crippen molar-refractivity contribution in [3.63, 3.8) is 0 Å². The zero-order valence-corrected chi connectivity index (χ0v) is 20.2. The summed E-state index contributed by atoms with van der Waals surface area (Å²) >= 11 is 0. The molecule has 0 spiro atoms. The molecule has 0 amide bonds. The van der Waals surface area contributed by atoms with Gasteiger partial charge in [-0.25, -0.2) is 4.98 Å². The molecule has 0 aliphatic carbocycles. The summed E-state index contributed by atoms with van der Waals surface area (Å²) in [5.74, 6) is -1.04. The van der Waals surface area contributed by atoms with Gasteiger partial charge < -0.3 is 20.0 Å². The van der Waals surface area contributed by atoms with E-state index in [0.717, 1.165) is 38.8 Å². The highest BCUT2D eigenvalue weighted by molar-refractivity contribution is 5.93. The highest BCUT2D eigenvalue weighted by atomic mass is 19.1. The standard InChI is InChI=1S/C30H25FN2O4/c1-18-9-25(16-33-30(18)31)21-5-6-23(14-28(34)35)27(13-21)37-17-20-11-24-7-8-36-29(24)26(12-20)22-4-2-3-19(10-22)15-32/h2-13,16H,14-15,17,32H2,1H3,(H,34,35). The van der Waals surface area contributed by atoms with Gasteiger partial charge in [0.25, 0.3) is 0 Å². The lowest BCUT2D eigenvalue weighted by Crippen LogP contribution is -2.05. The van der Waals surface area contributed by atoms with Crippen LogP contribution in [0.25, 0.3) is 33.2 Å². The number of hydrogen-bond acceptors (Lipinski definition) is 5. The number of aliphatic carboxylic acids is 1. The van der Waals surface area contributed by atoms with E-state index in [0.29, 0.717) is 29.0 Å². The van der Waals surface area contributed by atoms with Crippen LogP contribution in [0.1, 0.15) is 22.3 Å². The van der Waals surface area contributed by atoms with Crippen molar-refractivity contribution in [2.45, 2.75) is 26.5 Å². The minimum atomic E-state index is -0.959. The number of aromatic nitrogens is 1. The molecule has 0 fully saturated rings. The summed E-state index contributed by atoms with van der Waals surface area (Å²) in [6, 6.07) is 20.9. The topological polar surface area (TPSA) is 98.6 Å². The van der Waals surface area contributed by atoms with Crippen molar-refractivity contribution in [2.75, 3.05) is 0 Å². The molecule has 37 heavy (non-hydrogen) atoms. The highest BCUT2D eigenvalue weighted by Gasteiger charge is 2.14. The monoisotopic (exact) mass is 496 g/mol. The number of carboxylic acid groups (broad SMARTS) is 1. The number of aryl methyl sites for hydroxylation is 1. The summed E-state index contributed by atoms with van der Waals surface area (Å²) in [6.07, 6.45) is 2.92. The van der Waals surface area contributed by atoms with Gasteiger partial charge in [0, 0.05) is 40.4 Å². The normalized spacial score (nSPS) is 11.1. The van der Waals surface area contributed by atoms with E-state index in [2.05, 4.69) is 4.98 Å². The van der Waals surface area contributed by atoms with E-state index in [1.165, 1.54) is 6.20 Å². The van der Waals surface area contributed by atoms with E-state index in [4.69, 9.17) is 14.9 Å². The molecular weight excluding hydrogens is 471 g/mol. The van der Waals surface area contributed by atoms with Crippen LogP contribution in [0.2, 0.25) is 0 Å². The smallest absolute Gasteiger partial charge is 0.307 e. The van der Waals surface area contributed by atoms with Crippen LogP contribution in [0.15, 0.2) is 83.6 Å². The predicted octanol–water partition coefficient (Wildman–Crippen LogP) is 6.27. The quantitative estimate of drug-likeness (QED) is 0.246. The molecule has 0 aliphatic rings. The molecule has 0 saturated carbocycles. The summed E-state index contributed by atoms with van der Waals surface area (Å²) in [4.78, 5) is 15.3. The maximum absolute atomic E-state index is 13.7. The van der Waals surface area contributed by atoms with E-state index in [9.17, 15) is 14.3 Å². The molecule has 0 saturated heterocycles. The number of ether oxygens (including phenoxy) is 1. The van der Waals surface area contributed by atoms with Crippen molar-refractivity contribution in [3.8, 4) is 28.0 Å². The SMILES string of the molecule is Cc1cc(-c2ccc(CC(=O)O)c(OCc3cc(-c4cccc(CN)c4)c4occc4c3)c2)cnc1F. The lowest BCUT2D eigenvalue weighted by Gasteiger charge is -2.14. The van der Waals surface area contributed by atoms with Gasteiger partial charge in [-0.1, -0.05) is 30.3 Å². The fourth-order valence-corrected chi connectivity index (χ4v) is 4.36. The zero-order chi connectivity index (χ0) is 25.9. The minimum Gasteiger partial charge on any atom is -0.489 e. The Bertz CT molecular complexity index is 1610. The van der Waals surface area contributed by atoms with Crippen LogP contribution in [0, 0.1) is 12.9 Å². The van der Waals surface area contributed by atoms with Crippen LogP contribution in [0.3, 0.4) is 0 Å². The first-order valence-electron chi connectivity index (χ1n) is 11.8. The number of rotatable bonds is 8. The Labute approximate surface area is 213 Å². The van der Waals surface area contributed by atoms with E-state index in [-0.39, 0.29) is 13.0 Å². The number of furan rings is 1. The fourth-order valence-electron chi connectivity index (χ4n) is 4.36. The van der Waals surface area contributed by atoms with Crippen LogP contribution in [-0.2, 0) is 24.4 Å². The molecular formula is C30H25FN2O4. The Kier molecular flexibility index (Phi) is 6.70. The summed E-state index contributed by atoms with van der Waals surface area (Å²) in [7, 11) is 0. The number of carboxylic acids is 1. The first kappa shape index (κ1) is 24.2. The molecule has 0 bridgehead atoms. The molecule has 186 valence electrons. The first-order chi connectivity index (χ1) is 17.9. The second-order valence-electron chi connectivity index (χ2n) is 8.90. The average Bonchev–Trinajstić information content (AvgIpc) is 3.38. The number of hydrogen-bond donors (Lipinski definition) is 2. The molecule has 5 aromatic rings. The van der Waals surface area contributed by atoms with Gasteiger partial charge in [-0.15, -0.1) is 0 Å². The van der Waals surface area contributed by atoms with Gasteiger partial charge in [0.1, 0.15) is 17.9 Å². The molecule has 2 heterocycles. The van der Waals surface area contributed by atoms with Crippen molar-refractivity contribution in [3.05, 3.63) is 107 Å². The lowest BCUT2D eigenvalue weighted by molar-refractivity contribution is -0.136. The minimum absolute atomic E-state index is 0.186. The molecule has 3 N–H and O–H groups in total. The Morgan fingerprint density at radius 2 is 1.89 bits per heavy atom. The van der Waals surface area contributed by atoms with Gasteiger partial charge in [0.2, 0.25) is 5.95 Å². The molecule has 5 rings (SSSR count). The molecule has 7 heteroatoms. The Hall–Kier alpha value is -4.49. The van der Waals surface area contributed by atoms with Crippen molar-refractivity contribution >= 4 is 16.9 Å². The molecule has 0 unspecified atom stereocenters. The highest BCUT2D eigenvalue weighted by Crippen LogP contribution is 2.33. The third-order valence-corrected chi connectivity index (χ3v) is 6.24. The largest absolute Gasteiger partial charge is 0.489 e.